The fourth-order valence-electron chi connectivity index (χ4n) is 1.49. The van der Waals surface area contributed by atoms with E-state index in [1.165, 1.54) is 11.3 Å². The van der Waals surface area contributed by atoms with Gasteiger partial charge in [-0.25, -0.2) is 4.98 Å². The van der Waals surface area contributed by atoms with Crippen LogP contribution in [-0.2, 0) is 11.2 Å². The summed E-state index contributed by atoms with van der Waals surface area (Å²) in [6, 6.07) is 4.08. The standard InChI is InChI=1S/C12H15N3OS/c1-9(2)14-11(16)7-10-8-13-12(17-10)15-5-3-4-6-15/h3-6,8-9H,7H2,1-2H3,(H,14,16). The number of nitrogens with zero attached hydrogens (tertiary/aromatic N) is 2. The van der Waals surface area contributed by atoms with Gasteiger partial charge in [-0.15, -0.1) is 11.3 Å². The summed E-state index contributed by atoms with van der Waals surface area (Å²) in [5.74, 6) is 0.0442. The number of nitrogens with one attached hydrogen (secondary N) is 1. The Kier molecular flexibility index (Phi) is 3.58. The lowest BCUT2D eigenvalue weighted by Gasteiger charge is -2.06. The third-order valence-electron chi connectivity index (χ3n) is 2.15. The molecule has 1 amide bonds. The molecular formula is C12H15N3OS. The molecule has 90 valence electrons. The second-order valence-electron chi connectivity index (χ2n) is 4.10. The molecule has 0 aliphatic rings. The molecule has 0 fully saturated rings. The van der Waals surface area contributed by atoms with E-state index in [9.17, 15) is 4.79 Å². The fourth-order valence-corrected chi connectivity index (χ4v) is 2.37. The lowest BCUT2D eigenvalue weighted by molar-refractivity contribution is -0.120. The van der Waals surface area contributed by atoms with E-state index in [1.54, 1.807) is 6.20 Å². The molecule has 2 heterocycles. The molecule has 0 aliphatic heterocycles. The number of thiazole rings is 1. The molecule has 2 aromatic rings. The van der Waals surface area contributed by atoms with E-state index >= 15 is 0 Å². The highest BCUT2D eigenvalue weighted by Gasteiger charge is 2.08. The van der Waals surface area contributed by atoms with Crippen molar-refractivity contribution in [2.45, 2.75) is 26.3 Å². The third-order valence-corrected chi connectivity index (χ3v) is 3.16. The van der Waals surface area contributed by atoms with Gasteiger partial charge in [-0.3, -0.25) is 4.79 Å². The summed E-state index contributed by atoms with van der Waals surface area (Å²) in [5, 5.41) is 3.76. The van der Waals surface area contributed by atoms with Crippen LogP contribution in [0, 0.1) is 0 Å². The Labute approximate surface area is 104 Å². The second-order valence-corrected chi connectivity index (χ2v) is 5.19. The zero-order chi connectivity index (χ0) is 12.3. The molecule has 0 aromatic carbocycles. The van der Waals surface area contributed by atoms with Gasteiger partial charge in [-0.1, -0.05) is 0 Å². The molecule has 5 heteroatoms. The summed E-state index contributed by atoms with van der Waals surface area (Å²) in [7, 11) is 0. The topological polar surface area (TPSA) is 46.9 Å². The average Bonchev–Trinajstić information content (AvgIpc) is 2.84. The van der Waals surface area contributed by atoms with E-state index in [4.69, 9.17) is 0 Å². The molecular weight excluding hydrogens is 234 g/mol. The molecule has 0 bridgehead atoms. The van der Waals surface area contributed by atoms with Crippen molar-refractivity contribution in [2.24, 2.45) is 0 Å². The first kappa shape index (κ1) is 11.9. The Hall–Kier alpha value is -1.62. The van der Waals surface area contributed by atoms with Crippen LogP contribution in [0.15, 0.2) is 30.7 Å². The average molecular weight is 249 g/mol. The number of carbonyl (C=O) groups is 1. The molecule has 2 rings (SSSR count). The number of rotatable bonds is 4. The first-order chi connectivity index (χ1) is 8.15. The van der Waals surface area contributed by atoms with Crippen molar-refractivity contribution in [3.63, 3.8) is 0 Å². The van der Waals surface area contributed by atoms with Gasteiger partial charge in [0.05, 0.1) is 6.42 Å². The molecule has 17 heavy (non-hydrogen) atoms. The minimum Gasteiger partial charge on any atom is -0.354 e. The van der Waals surface area contributed by atoms with Crippen molar-refractivity contribution in [1.82, 2.24) is 14.9 Å². The molecule has 2 aromatic heterocycles. The van der Waals surface area contributed by atoms with Gasteiger partial charge in [-0.2, -0.15) is 0 Å². The van der Waals surface area contributed by atoms with Crippen LogP contribution in [0.5, 0.6) is 0 Å². The maximum absolute atomic E-state index is 11.6. The third kappa shape index (κ3) is 3.17. The number of hydrogen-bond donors (Lipinski definition) is 1. The number of hydrogen-bond acceptors (Lipinski definition) is 3. The van der Waals surface area contributed by atoms with Crippen LogP contribution < -0.4 is 5.32 Å². The minimum atomic E-state index is 0.0442. The zero-order valence-corrected chi connectivity index (χ0v) is 10.7. The van der Waals surface area contributed by atoms with Crippen LogP contribution >= 0.6 is 11.3 Å². The summed E-state index contributed by atoms with van der Waals surface area (Å²) in [5.41, 5.74) is 0. The number of amides is 1. The quantitative estimate of drug-likeness (QED) is 0.901. The van der Waals surface area contributed by atoms with Crippen LogP contribution in [0.4, 0.5) is 0 Å². The smallest absolute Gasteiger partial charge is 0.225 e. The van der Waals surface area contributed by atoms with E-state index in [-0.39, 0.29) is 11.9 Å². The Balaban J connectivity index is 2.02. The second kappa shape index (κ2) is 5.14. The molecule has 0 aliphatic carbocycles. The minimum absolute atomic E-state index is 0.0442. The molecule has 0 spiro atoms. The molecule has 0 radical (unpaired) electrons. The van der Waals surface area contributed by atoms with E-state index in [0.717, 1.165) is 10.0 Å². The summed E-state index contributed by atoms with van der Waals surface area (Å²) >= 11 is 1.54. The summed E-state index contributed by atoms with van der Waals surface area (Å²) in [6.45, 7) is 3.91. The van der Waals surface area contributed by atoms with Crippen molar-refractivity contribution in [3.8, 4) is 5.13 Å². The van der Waals surface area contributed by atoms with Crippen LogP contribution in [0.2, 0.25) is 0 Å². The van der Waals surface area contributed by atoms with Crippen molar-refractivity contribution >= 4 is 17.2 Å². The summed E-state index contributed by atoms with van der Waals surface area (Å²) < 4.78 is 1.94. The highest BCUT2D eigenvalue weighted by atomic mass is 32.1. The first-order valence-electron chi connectivity index (χ1n) is 5.52. The maximum atomic E-state index is 11.6. The van der Waals surface area contributed by atoms with Gasteiger partial charge in [-0.05, 0) is 26.0 Å². The molecule has 0 atom stereocenters. The molecule has 0 saturated heterocycles. The van der Waals surface area contributed by atoms with Gasteiger partial charge >= 0.3 is 0 Å². The molecule has 4 nitrogen and oxygen atoms in total. The normalized spacial score (nSPS) is 10.8. The number of carbonyl (C=O) groups excluding carboxylic acids is 1. The van der Waals surface area contributed by atoms with Gasteiger partial charge in [0.15, 0.2) is 5.13 Å². The van der Waals surface area contributed by atoms with Crippen molar-refractivity contribution in [2.75, 3.05) is 0 Å². The van der Waals surface area contributed by atoms with Crippen LogP contribution in [0.1, 0.15) is 18.7 Å². The van der Waals surface area contributed by atoms with Crippen LogP contribution in [0.3, 0.4) is 0 Å². The lowest BCUT2D eigenvalue weighted by atomic mass is 10.3. The van der Waals surface area contributed by atoms with Gasteiger partial charge < -0.3 is 9.88 Å². The Morgan fingerprint density at radius 1 is 1.47 bits per heavy atom. The maximum Gasteiger partial charge on any atom is 0.225 e. The van der Waals surface area contributed by atoms with Crippen molar-refractivity contribution < 1.29 is 4.79 Å². The summed E-state index contributed by atoms with van der Waals surface area (Å²) in [6.07, 6.45) is 6.05. The van der Waals surface area contributed by atoms with Crippen LogP contribution in [-0.4, -0.2) is 21.5 Å². The highest BCUT2D eigenvalue weighted by molar-refractivity contribution is 7.14. The predicted octanol–water partition coefficient (Wildman–Crippen LogP) is 2.00. The zero-order valence-electron chi connectivity index (χ0n) is 9.88. The molecule has 1 N–H and O–H groups in total. The predicted molar refractivity (Wildman–Crippen MR) is 68.4 cm³/mol. The van der Waals surface area contributed by atoms with Gasteiger partial charge in [0.1, 0.15) is 0 Å². The van der Waals surface area contributed by atoms with Gasteiger partial charge in [0.25, 0.3) is 0 Å². The lowest BCUT2D eigenvalue weighted by Crippen LogP contribution is -2.31. The first-order valence-corrected chi connectivity index (χ1v) is 6.34. The van der Waals surface area contributed by atoms with Gasteiger partial charge in [0.2, 0.25) is 5.91 Å². The summed E-state index contributed by atoms with van der Waals surface area (Å²) in [4.78, 5) is 16.9. The van der Waals surface area contributed by atoms with Crippen LogP contribution in [0.25, 0.3) is 5.13 Å². The Morgan fingerprint density at radius 2 is 2.18 bits per heavy atom. The van der Waals surface area contributed by atoms with E-state index in [2.05, 4.69) is 10.3 Å². The monoisotopic (exact) mass is 249 g/mol. The largest absolute Gasteiger partial charge is 0.354 e. The number of aromatic nitrogens is 2. The van der Waals surface area contributed by atoms with E-state index < -0.39 is 0 Å². The van der Waals surface area contributed by atoms with E-state index in [0.29, 0.717) is 6.42 Å². The van der Waals surface area contributed by atoms with Gasteiger partial charge in [0, 0.05) is 29.5 Å². The van der Waals surface area contributed by atoms with E-state index in [1.807, 2.05) is 42.9 Å². The highest BCUT2D eigenvalue weighted by Crippen LogP contribution is 2.17. The molecule has 0 saturated carbocycles. The Morgan fingerprint density at radius 3 is 2.82 bits per heavy atom. The fraction of sp³-hybridized carbons (Fsp3) is 0.333. The van der Waals surface area contributed by atoms with Crippen molar-refractivity contribution in [3.05, 3.63) is 35.6 Å². The van der Waals surface area contributed by atoms with Crippen molar-refractivity contribution in [1.29, 1.82) is 0 Å². The SMILES string of the molecule is CC(C)NC(=O)Cc1cnc(-n2cccc2)s1. The Bertz CT molecular complexity index is 488. The molecule has 0 unspecified atom stereocenters.